The number of carbonyl (C=O) groups excluding carboxylic acids is 1. The second-order valence-corrected chi connectivity index (χ2v) is 7.91. The summed E-state index contributed by atoms with van der Waals surface area (Å²) in [6.45, 7) is 7.56. The molecule has 1 amide bonds. The lowest BCUT2D eigenvalue weighted by molar-refractivity contribution is -0.131. The average molecular weight is 417 g/mol. The molecule has 6 nitrogen and oxygen atoms in total. The third-order valence-corrected chi connectivity index (χ3v) is 5.16. The molecule has 0 unspecified atom stereocenters. The van der Waals surface area contributed by atoms with Crippen molar-refractivity contribution in [3.8, 4) is 17.5 Å². The van der Waals surface area contributed by atoms with Crippen LogP contribution in [0.5, 0.6) is 0 Å². The van der Waals surface area contributed by atoms with E-state index in [9.17, 15) is 4.79 Å². The molecule has 0 spiro atoms. The number of benzene rings is 2. The maximum absolute atomic E-state index is 12.8. The molecule has 0 saturated heterocycles. The molecular weight excluding hydrogens is 388 g/mol. The molecule has 6 heteroatoms. The summed E-state index contributed by atoms with van der Waals surface area (Å²) in [5.41, 5.74) is 3.78. The van der Waals surface area contributed by atoms with Crippen molar-refractivity contribution in [2.75, 3.05) is 6.54 Å². The topological polar surface area (TPSA) is 83.0 Å². The van der Waals surface area contributed by atoms with Crippen LogP contribution in [-0.2, 0) is 17.8 Å². The molecule has 160 valence electrons. The number of amides is 1. The molecule has 3 aromatic rings. The minimum absolute atomic E-state index is 0.0484. The first-order valence-electron chi connectivity index (χ1n) is 10.7. The van der Waals surface area contributed by atoms with E-state index in [0.717, 1.165) is 17.5 Å². The van der Waals surface area contributed by atoms with Gasteiger partial charge >= 0.3 is 0 Å². The van der Waals surface area contributed by atoms with Gasteiger partial charge in [-0.3, -0.25) is 4.79 Å². The van der Waals surface area contributed by atoms with E-state index in [4.69, 9.17) is 9.78 Å². The number of hydrogen-bond acceptors (Lipinski definition) is 5. The van der Waals surface area contributed by atoms with E-state index in [1.807, 2.05) is 36.1 Å². The zero-order valence-corrected chi connectivity index (χ0v) is 18.3. The Hall–Kier alpha value is -3.46. The van der Waals surface area contributed by atoms with Crippen LogP contribution in [0, 0.1) is 11.3 Å². The van der Waals surface area contributed by atoms with Gasteiger partial charge in [0, 0.05) is 31.5 Å². The number of hydrogen-bond donors (Lipinski definition) is 0. The van der Waals surface area contributed by atoms with Gasteiger partial charge in [-0.25, -0.2) is 0 Å². The van der Waals surface area contributed by atoms with Gasteiger partial charge in [-0.05, 0) is 35.6 Å². The number of nitriles is 1. The molecule has 0 atom stereocenters. The van der Waals surface area contributed by atoms with Gasteiger partial charge in [0.25, 0.3) is 0 Å². The maximum atomic E-state index is 12.8. The Bertz CT molecular complexity index is 1030. The van der Waals surface area contributed by atoms with Gasteiger partial charge in [-0.1, -0.05) is 62.3 Å². The molecule has 0 bridgehead atoms. The standard InChI is InChI=1S/C25H28N4O2/c1-4-15-29(17-20-7-5-19(16-26)6-8-20)24(30)14-13-23-27-25(28-31-23)22-11-9-21(10-12-22)18(2)3/h5-12,18H,4,13-15,17H2,1-3H3. The third kappa shape index (κ3) is 6.02. The van der Waals surface area contributed by atoms with Crippen LogP contribution in [0.1, 0.15) is 62.1 Å². The third-order valence-electron chi connectivity index (χ3n) is 5.16. The summed E-state index contributed by atoms with van der Waals surface area (Å²) >= 11 is 0. The van der Waals surface area contributed by atoms with E-state index < -0.39 is 0 Å². The van der Waals surface area contributed by atoms with Crippen molar-refractivity contribution in [2.24, 2.45) is 0 Å². The van der Waals surface area contributed by atoms with E-state index in [2.05, 4.69) is 42.2 Å². The summed E-state index contributed by atoms with van der Waals surface area (Å²) in [5.74, 6) is 1.52. The summed E-state index contributed by atoms with van der Waals surface area (Å²) in [5, 5.41) is 13.0. The highest BCUT2D eigenvalue weighted by atomic mass is 16.5. The highest BCUT2D eigenvalue weighted by molar-refractivity contribution is 5.76. The molecule has 0 radical (unpaired) electrons. The Kier molecular flexibility index (Phi) is 7.55. The van der Waals surface area contributed by atoms with Crippen LogP contribution in [0.25, 0.3) is 11.4 Å². The second kappa shape index (κ2) is 10.5. The molecule has 0 N–H and O–H groups in total. The Morgan fingerprint density at radius 2 is 1.84 bits per heavy atom. The molecule has 31 heavy (non-hydrogen) atoms. The molecule has 1 heterocycles. The quantitative estimate of drug-likeness (QED) is 0.484. The molecule has 0 aliphatic rings. The molecule has 1 aromatic heterocycles. The summed E-state index contributed by atoms with van der Waals surface area (Å²) < 4.78 is 5.37. The first-order chi connectivity index (χ1) is 15.0. The molecule has 0 fully saturated rings. The van der Waals surface area contributed by atoms with Crippen LogP contribution in [0.15, 0.2) is 53.1 Å². The first-order valence-corrected chi connectivity index (χ1v) is 10.7. The van der Waals surface area contributed by atoms with Crippen LogP contribution in [0.4, 0.5) is 0 Å². The van der Waals surface area contributed by atoms with E-state index in [1.165, 1.54) is 5.56 Å². The van der Waals surface area contributed by atoms with Crippen LogP contribution >= 0.6 is 0 Å². The van der Waals surface area contributed by atoms with E-state index in [-0.39, 0.29) is 5.91 Å². The Morgan fingerprint density at radius 1 is 1.13 bits per heavy atom. The summed E-state index contributed by atoms with van der Waals surface area (Å²) in [6, 6.07) is 17.6. The van der Waals surface area contributed by atoms with Crippen molar-refractivity contribution in [3.05, 3.63) is 71.1 Å². The summed E-state index contributed by atoms with van der Waals surface area (Å²) in [4.78, 5) is 19.1. The lowest BCUT2D eigenvalue weighted by atomic mass is 10.0. The summed E-state index contributed by atoms with van der Waals surface area (Å²) in [6.07, 6.45) is 1.59. The normalized spacial score (nSPS) is 10.8. The smallest absolute Gasteiger partial charge is 0.227 e. The fourth-order valence-electron chi connectivity index (χ4n) is 3.33. The van der Waals surface area contributed by atoms with E-state index in [0.29, 0.717) is 49.1 Å². The number of aromatic nitrogens is 2. The minimum Gasteiger partial charge on any atom is -0.339 e. The highest BCUT2D eigenvalue weighted by Gasteiger charge is 2.16. The predicted molar refractivity (Wildman–Crippen MR) is 119 cm³/mol. The number of aryl methyl sites for hydroxylation is 1. The summed E-state index contributed by atoms with van der Waals surface area (Å²) in [7, 11) is 0. The highest BCUT2D eigenvalue weighted by Crippen LogP contribution is 2.21. The predicted octanol–water partition coefficient (Wildman–Crippen LogP) is 5.10. The Morgan fingerprint density at radius 3 is 2.45 bits per heavy atom. The van der Waals surface area contributed by atoms with Gasteiger partial charge in [0.05, 0.1) is 11.6 Å². The molecule has 0 saturated carbocycles. The number of carbonyl (C=O) groups is 1. The van der Waals surface area contributed by atoms with E-state index in [1.54, 1.807) is 12.1 Å². The first kappa shape index (κ1) is 22.2. The van der Waals surface area contributed by atoms with Crippen LogP contribution in [0.2, 0.25) is 0 Å². The average Bonchev–Trinajstić information content (AvgIpc) is 3.27. The Labute approximate surface area is 183 Å². The zero-order chi connectivity index (χ0) is 22.2. The Balaban J connectivity index is 1.59. The SMILES string of the molecule is CCCN(Cc1ccc(C#N)cc1)C(=O)CCc1nc(-c2ccc(C(C)C)cc2)no1. The fourth-order valence-corrected chi connectivity index (χ4v) is 3.33. The van der Waals surface area contributed by atoms with Gasteiger partial charge in [0.1, 0.15) is 0 Å². The monoisotopic (exact) mass is 416 g/mol. The van der Waals surface area contributed by atoms with Crippen LogP contribution in [0.3, 0.4) is 0 Å². The molecule has 0 aliphatic carbocycles. The van der Waals surface area contributed by atoms with Crippen molar-refractivity contribution in [3.63, 3.8) is 0 Å². The second-order valence-electron chi connectivity index (χ2n) is 7.91. The fraction of sp³-hybridized carbons (Fsp3) is 0.360. The minimum atomic E-state index is 0.0484. The van der Waals surface area contributed by atoms with Crippen molar-refractivity contribution in [1.29, 1.82) is 5.26 Å². The van der Waals surface area contributed by atoms with Gasteiger partial charge in [0.2, 0.25) is 17.6 Å². The van der Waals surface area contributed by atoms with Gasteiger partial charge in [-0.15, -0.1) is 0 Å². The largest absolute Gasteiger partial charge is 0.339 e. The zero-order valence-electron chi connectivity index (χ0n) is 18.3. The molecular formula is C25H28N4O2. The lowest BCUT2D eigenvalue weighted by Crippen LogP contribution is -2.31. The van der Waals surface area contributed by atoms with Crippen molar-refractivity contribution >= 4 is 5.91 Å². The van der Waals surface area contributed by atoms with Crippen LogP contribution < -0.4 is 0 Å². The maximum Gasteiger partial charge on any atom is 0.227 e. The van der Waals surface area contributed by atoms with Gasteiger partial charge < -0.3 is 9.42 Å². The van der Waals surface area contributed by atoms with Crippen LogP contribution in [-0.4, -0.2) is 27.5 Å². The van der Waals surface area contributed by atoms with Crippen molar-refractivity contribution in [1.82, 2.24) is 15.0 Å². The van der Waals surface area contributed by atoms with Crippen molar-refractivity contribution < 1.29 is 9.32 Å². The van der Waals surface area contributed by atoms with E-state index >= 15 is 0 Å². The van der Waals surface area contributed by atoms with Gasteiger partial charge in [0.15, 0.2) is 0 Å². The number of nitrogens with zero attached hydrogens (tertiary/aromatic N) is 4. The molecule has 0 aliphatic heterocycles. The number of rotatable bonds is 9. The lowest BCUT2D eigenvalue weighted by Gasteiger charge is -2.22. The molecule has 3 rings (SSSR count). The van der Waals surface area contributed by atoms with Crippen molar-refractivity contribution in [2.45, 2.75) is 52.5 Å². The van der Waals surface area contributed by atoms with Gasteiger partial charge in [-0.2, -0.15) is 10.2 Å². The molecule has 2 aromatic carbocycles.